The number of carbonyl (C=O) groups excluding carboxylic acids is 1. The molecule has 1 unspecified atom stereocenters. The summed E-state index contributed by atoms with van der Waals surface area (Å²) in [6.07, 6.45) is 5.67. The van der Waals surface area contributed by atoms with Crippen LogP contribution in [0, 0.1) is 0 Å². The Kier molecular flexibility index (Phi) is 4.97. The Morgan fingerprint density at radius 3 is 2.36 bits per heavy atom. The molecule has 1 saturated carbocycles. The van der Waals surface area contributed by atoms with Crippen LogP contribution in [-0.4, -0.2) is 31.5 Å². The number of carbonyl (C=O) groups is 1. The average Bonchev–Trinajstić information content (AvgIpc) is 2.42. The van der Waals surface area contributed by atoms with Gasteiger partial charge in [0.1, 0.15) is 5.82 Å². The standard InChI is InChI=1S/C15H23N3O3S/c1-5-21-12(19)11-9-16-13(17-10-11)15(7-6-8-15)18-22(20)14(2,3)4/h9-10,18H,5-8H2,1-4H3. The fourth-order valence-corrected chi connectivity index (χ4v) is 3.08. The summed E-state index contributed by atoms with van der Waals surface area (Å²) in [5.74, 6) is 0.160. The highest BCUT2D eigenvalue weighted by atomic mass is 32.2. The highest BCUT2D eigenvalue weighted by Gasteiger charge is 2.44. The van der Waals surface area contributed by atoms with Gasteiger partial charge in [-0.05, 0) is 47.0 Å². The van der Waals surface area contributed by atoms with Gasteiger partial charge in [-0.15, -0.1) is 0 Å². The van der Waals surface area contributed by atoms with Gasteiger partial charge in [0, 0.05) is 12.4 Å². The second kappa shape index (κ2) is 6.42. The normalized spacial score (nSPS) is 18.4. The van der Waals surface area contributed by atoms with E-state index in [0.717, 1.165) is 19.3 Å². The van der Waals surface area contributed by atoms with E-state index in [0.29, 0.717) is 18.0 Å². The molecule has 0 spiro atoms. The predicted molar refractivity (Wildman–Crippen MR) is 84.5 cm³/mol. The van der Waals surface area contributed by atoms with Crippen LogP contribution in [0.3, 0.4) is 0 Å². The zero-order valence-corrected chi connectivity index (χ0v) is 14.3. The summed E-state index contributed by atoms with van der Waals surface area (Å²) in [7, 11) is -1.19. The molecule has 1 aromatic rings. The Hall–Kier alpha value is -1.34. The predicted octanol–water partition coefficient (Wildman–Crippen LogP) is 2.08. The molecule has 1 heterocycles. The van der Waals surface area contributed by atoms with Crippen molar-refractivity contribution in [1.82, 2.24) is 14.7 Å². The van der Waals surface area contributed by atoms with Crippen molar-refractivity contribution < 1.29 is 13.7 Å². The Morgan fingerprint density at radius 1 is 1.36 bits per heavy atom. The monoisotopic (exact) mass is 325 g/mol. The molecule has 1 fully saturated rings. The van der Waals surface area contributed by atoms with Crippen LogP contribution >= 0.6 is 0 Å². The number of nitrogens with one attached hydrogen (secondary N) is 1. The van der Waals surface area contributed by atoms with E-state index in [4.69, 9.17) is 4.74 Å². The molecule has 0 bridgehead atoms. The molecule has 1 aliphatic rings. The lowest BCUT2D eigenvalue weighted by molar-refractivity contribution is 0.0525. The van der Waals surface area contributed by atoms with E-state index in [1.54, 1.807) is 6.92 Å². The van der Waals surface area contributed by atoms with Gasteiger partial charge in [0.2, 0.25) is 0 Å². The molecule has 0 amide bonds. The third-order valence-electron chi connectivity index (χ3n) is 3.64. The van der Waals surface area contributed by atoms with E-state index in [2.05, 4.69) is 14.7 Å². The first-order chi connectivity index (χ1) is 10.3. The van der Waals surface area contributed by atoms with Gasteiger partial charge in [0.25, 0.3) is 0 Å². The maximum Gasteiger partial charge on any atom is 0.341 e. The molecule has 0 aliphatic heterocycles. The summed E-state index contributed by atoms with van der Waals surface area (Å²) < 4.78 is 20.1. The second-order valence-electron chi connectivity index (χ2n) is 6.43. The average molecular weight is 325 g/mol. The van der Waals surface area contributed by atoms with Crippen molar-refractivity contribution >= 4 is 17.0 Å². The summed E-state index contributed by atoms with van der Waals surface area (Å²) in [4.78, 5) is 20.2. The van der Waals surface area contributed by atoms with Crippen LogP contribution in [0.5, 0.6) is 0 Å². The van der Waals surface area contributed by atoms with Gasteiger partial charge in [0.05, 0.1) is 33.4 Å². The molecule has 0 radical (unpaired) electrons. The summed E-state index contributed by atoms with van der Waals surface area (Å²) in [6.45, 7) is 7.84. The van der Waals surface area contributed by atoms with Gasteiger partial charge in [-0.1, -0.05) is 0 Å². The zero-order chi connectivity index (χ0) is 16.4. The summed E-state index contributed by atoms with van der Waals surface area (Å²) in [5, 5.41) is 0. The van der Waals surface area contributed by atoms with Crippen LogP contribution in [0.1, 0.15) is 63.1 Å². The smallest absolute Gasteiger partial charge is 0.341 e. The van der Waals surface area contributed by atoms with E-state index in [1.165, 1.54) is 12.4 Å². The molecule has 1 atom stereocenters. The quantitative estimate of drug-likeness (QED) is 0.838. The molecule has 1 aliphatic carbocycles. The molecule has 0 aromatic carbocycles. The second-order valence-corrected chi connectivity index (χ2v) is 8.40. The first-order valence-electron chi connectivity index (χ1n) is 7.48. The molecule has 2 rings (SSSR count). The summed E-state index contributed by atoms with van der Waals surface area (Å²) in [6, 6.07) is 0. The zero-order valence-electron chi connectivity index (χ0n) is 13.5. The number of esters is 1. The van der Waals surface area contributed by atoms with Gasteiger partial charge in [0.15, 0.2) is 0 Å². The lowest BCUT2D eigenvalue weighted by Gasteiger charge is -2.42. The largest absolute Gasteiger partial charge is 0.462 e. The Labute approximate surface area is 133 Å². The first kappa shape index (κ1) is 17.0. The number of rotatable bonds is 5. The van der Waals surface area contributed by atoms with Crippen molar-refractivity contribution in [1.29, 1.82) is 0 Å². The van der Waals surface area contributed by atoms with Crippen molar-refractivity contribution in [3.63, 3.8) is 0 Å². The number of hydrogen-bond donors (Lipinski definition) is 1. The highest BCUT2D eigenvalue weighted by Crippen LogP contribution is 2.40. The number of hydrogen-bond acceptors (Lipinski definition) is 5. The van der Waals surface area contributed by atoms with E-state index in [-0.39, 0.29) is 4.75 Å². The van der Waals surface area contributed by atoms with Gasteiger partial charge < -0.3 is 4.74 Å². The highest BCUT2D eigenvalue weighted by molar-refractivity contribution is 7.84. The topological polar surface area (TPSA) is 81.2 Å². The minimum Gasteiger partial charge on any atom is -0.462 e. The molecular weight excluding hydrogens is 302 g/mol. The van der Waals surface area contributed by atoms with E-state index in [9.17, 15) is 9.00 Å². The third-order valence-corrected chi connectivity index (χ3v) is 5.33. The molecule has 0 saturated heterocycles. The van der Waals surface area contributed by atoms with Crippen molar-refractivity contribution in [2.24, 2.45) is 0 Å². The van der Waals surface area contributed by atoms with Crippen LogP contribution in [0.25, 0.3) is 0 Å². The summed E-state index contributed by atoms with van der Waals surface area (Å²) >= 11 is 0. The van der Waals surface area contributed by atoms with Crippen LogP contribution in [0.4, 0.5) is 0 Å². The van der Waals surface area contributed by atoms with Crippen molar-refractivity contribution in [3.05, 3.63) is 23.8 Å². The molecule has 122 valence electrons. The fourth-order valence-electron chi connectivity index (χ4n) is 2.13. The third kappa shape index (κ3) is 3.52. The van der Waals surface area contributed by atoms with E-state index < -0.39 is 22.5 Å². The lowest BCUT2D eigenvalue weighted by Crippen LogP contribution is -2.53. The van der Waals surface area contributed by atoms with Crippen molar-refractivity contribution in [3.8, 4) is 0 Å². The number of ether oxygens (including phenoxy) is 1. The SMILES string of the molecule is CCOC(=O)c1cnc(C2(NS(=O)C(C)(C)C)CCC2)nc1. The van der Waals surface area contributed by atoms with Gasteiger partial charge >= 0.3 is 5.97 Å². The Morgan fingerprint density at radius 2 is 1.95 bits per heavy atom. The van der Waals surface area contributed by atoms with Crippen molar-refractivity contribution in [2.75, 3.05) is 6.61 Å². The van der Waals surface area contributed by atoms with Crippen LogP contribution < -0.4 is 4.72 Å². The number of nitrogens with zero attached hydrogens (tertiary/aromatic N) is 2. The Balaban J connectivity index is 2.18. The summed E-state index contributed by atoms with van der Waals surface area (Å²) in [5.41, 5.74) is -0.122. The van der Waals surface area contributed by atoms with Crippen LogP contribution in [0.2, 0.25) is 0 Å². The van der Waals surface area contributed by atoms with Gasteiger partial charge in [-0.25, -0.2) is 23.7 Å². The molecule has 1 N–H and O–H groups in total. The molecule has 6 nitrogen and oxygen atoms in total. The van der Waals surface area contributed by atoms with Crippen LogP contribution in [-0.2, 0) is 21.3 Å². The molecule has 1 aromatic heterocycles. The first-order valence-corrected chi connectivity index (χ1v) is 8.63. The van der Waals surface area contributed by atoms with Crippen molar-refractivity contribution in [2.45, 2.75) is 57.2 Å². The number of aromatic nitrogens is 2. The van der Waals surface area contributed by atoms with Crippen LogP contribution in [0.15, 0.2) is 12.4 Å². The Bertz CT molecular complexity index is 562. The maximum atomic E-state index is 12.4. The molecular formula is C15H23N3O3S. The minimum atomic E-state index is -1.19. The van der Waals surface area contributed by atoms with Gasteiger partial charge in [-0.2, -0.15) is 0 Å². The maximum absolute atomic E-state index is 12.4. The fraction of sp³-hybridized carbons (Fsp3) is 0.667. The minimum absolute atomic E-state index is 0.316. The molecule has 7 heteroatoms. The van der Waals surface area contributed by atoms with E-state index in [1.807, 2.05) is 20.8 Å². The van der Waals surface area contributed by atoms with E-state index >= 15 is 0 Å². The van der Waals surface area contributed by atoms with Gasteiger partial charge in [-0.3, -0.25) is 0 Å². The molecule has 22 heavy (non-hydrogen) atoms. The lowest BCUT2D eigenvalue weighted by atomic mass is 9.77.